The maximum Gasteiger partial charge on any atom is 0.0331 e. The molecule has 2 nitrogen and oxygen atoms in total. The Morgan fingerprint density at radius 1 is 1.22 bits per heavy atom. The molecular formula is C16H34N2. The molecule has 0 aliphatic heterocycles. The molecule has 0 radical (unpaired) electrons. The normalized spacial score (nSPS) is 31.7. The molecule has 2 heteroatoms. The van der Waals surface area contributed by atoms with Crippen LogP contribution in [0.5, 0.6) is 0 Å². The molecule has 0 spiro atoms. The SMILES string of the molecule is CCC(C)N(C)C1(CN)CCCC(C(C)C)CC1. The number of rotatable bonds is 5. The zero-order valence-corrected chi connectivity index (χ0v) is 13.2. The van der Waals surface area contributed by atoms with Crippen molar-refractivity contribution in [3.8, 4) is 0 Å². The molecule has 0 aromatic heterocycles. The summed E-state index contributed by atoms with van der Waals surface area (Å²) in [6.07, 6.45) is 7.89. The van der Waals surface area contributed by atoms with Gasteiger partial charge >= 0.3 is 0 Å². The van der Waals surface area contributed by atoms with E-state index in [1.54, 1.807) is 0 Å². The summed E-state index contributed by atoms with van der Waals surface area (Å²) in [5.74, 6) is 1.73. The van der Waals surface area contributed by atoms with Gasteiger partial charge in [-0.1, -0.05) is 33.6 Å². The van der Waals surface area contributed by atoms with E-state index in [4.69, 9.17) is 5.73 Å². The van der Waals surface area contributed by atoms with Crippen LogP contribution in [0.15, 0.2) is 0 Å². The molecule has 18 heavy (non-hydrogen) atoms. The fourth-order valence-electron chi connectivity index (χ4n) is 3.53. The molecule has 0 bridgehead atoms. The molecule has 0 amide bonds. The Hall–Kier alpha value is -0.0800. The van der Waals surface area contributed by atoms with Crippen molar-refractivity contribution in [2.24, 2.45) is 17.6 Å². The van der Waals surface area contributed by atoms with Crippen LogP contribution in [-0.2, 0) is 0 Å². The van der Waals surface area contributed by atoms with Gasteiger partial charge in [0.15, 0.2) is 0 Å². The zero-order valence-electron chi connectivity index (χ0n) is 13.2. The Balaban J connectivity index is 2.76. The first-order chi connectivity index (χ1) is 8.46. The van der Waals surface area contributed by atoms with E-state index in [9.17, 15) is 0 Å². The van der Waals surface area contributed by atoms with Crippen LogP contribution in [0.1, 0.15) is 66.2 Å². The molecule has 0 aromatic carbocycles. The number of nitrogens with two attached hydrogens (primary N) is 1. The Kier molecular flexibility index (Phi) is 6.13. The predicted molar refractivity (Wildman–Crippen MR) is 80.7 cm³/mol. The molecule has 0 aromatic rings. The summed E-state index contributed by atoms with van der Waals surface area (Å²) in [5, 5.41) is 0. The molecule has 1 aliphatic rings. The highest BCUT2D eigenvalue weighted by atomic mass is 15.2. The van der Waals surface area contributed by atoms with Gasteiger partial charge in [0, 0.05) is 18.1 Å². The van der Waals surface area contributed by atoms with Crippen LogP contribution in [0.3, 0.4) is 0 Å². The van der Waals surface area contributed by atoms with Gasteiger partial charge in [-0.3, -0.25) is 4.90 Å². The molecule has 1 aliphatic carbocycles. The van der Waals surface area contributed by atoms with Crippen molar-refractivity contribution in [3.63, 3.8) is 0 Å². The summed E-state index contributed by atoms with van der Waals surface area (Å²) in [5.41, 5.74) is 6.44. The summed E-state index contributed by atoms with van der Waals surface area (Å²) in [4.78, 5) is 2.58. The molecule has 3 unspecified atom stereocenters. The molecule has 0 heterocycles. The lowest BCUT2D eigenvalue weighted by Gasteiger charge is -2.44. The van der Waals surface area contributed by atoms with E-state index in [-0.39, 0.29) is 5.54 Å². The van der Waals surface area contributed by atoms with Crippen LogP contribution in [-0.4, -0.2) is 30.1 Å². The minimum absolute atomic E-state index is 0.263. The van der Waals surface area contributed by atoms with Crippen molar-refractivity contribution in [3.05, 3.63) is 0 Å². The van der Waals surface area contributed by atoms with Crippen molar-refractivity contribution >= 4 is 0 Å². The van der Waals surface area contributed by atoms with Crippen LogP contribution in [0, 0.1) is 11.8 Å². The number of nitrogens with zero attached hydrogens (tertiary/aromatic N) is 1. The van der Waals surface area contributed by atoms with E-state index in [1.807, 2.05) is 0 Å². The minimum atomic E-state index is 0.263. The van der Waals surface area contributed by atoms with E-state index >= 15 is 0 Å². The number of hydrogen-bond acceptors (Lipinski definition) is 2. The van der Waals surface area contributed by atoms with Crippen molar-refractivity contribution < 1.29 is 0 Å². The largest absolute Gasteiger partial charge is 0.329 e. The summed E-state index contributed by atoms with van der Waals surface area (Å²) in [6, 6.07) is 0.643. The van der Waals surface area contributed by atoms with Gasteiger partial charge in [0.25, 0.3) is 0 Å². The van der Waals surface area contributed by atoms with Gasteiger partial charge in [-0.15, -0.1) is 0 Å². The second-order valence-electron chi connectivity index (χ2n) is 6.73. The van der Waals surface area contributed by atoms with Gasteiger partial charge in [0.05, 0.1) is 0 Å². The quantitative estimate of drug-likeness (QED) is 0.759. The van der Waals surface area contributed by atoms with Gasteiger partial charge in [-0.25, -0.2) is 0 Å². The minimum Gasteiger partial charge on any atom is -0.329 e. The van der Waals surface area contributed by atoms with Crippen LogP contribution < -0.4 is 5.73 Å². The second-order valence-corrected chi connectivity index (χ2v) is 6.73. The summed E-state index contributed by atoms with van der Waals surface area (Å²) in [7, 11) is 2.29. The topological polar surface area (TPSA) is 29.3 Å². The summed E-state index contributed by atoms with van der Waals surface area (Å²) < 4.78 is 0. The zero-order chi connectivity index (χ0) is 13.8. The highest BCUT2D eigenvalue weighted by Gasteiger charge is 2.37. The molecular weight excluding hydrogens is 220 g/mol. The molecule has 2 N–H and O–H groups in total. The Labute approximate surface area is 114 Å². The van der Waals surface area contributed by atoms with Gasteiger partial charge < -0.3 is 5.73 Å². The molecule has 1 fully saturated rings. The van der Waals surface area contributed by atoms with Crippen molar-refractivity contribution in [2.45, 2.75) is 77.8 Å². The third kappa shape index (κ3) is 3.48. The van der Waals surface area contributed by atoms with Crippen molar-refractivity contribution in [2.75, 3.05) is 13.6 Å². The van der Waals surface area contributed by atoms with E-state index in [1.165, 1.54) is 38.5 Å². The average Bonchev–Trinajstić information content (AvgIpc) is 2.60. The van der Waals surface area contributed by atoms with Crippen LogP contribution >= 0.6 is 0 Å². The molecule has 3 atom stereocenters. The number of hydrogen-bond donors (Lipinski definition) is 1. The predicted octanol–water partition coefficient (Wildman–Crippen LogP) is 3.65. The van der Waals surface area contributed by atoms with Gasteiger partial charge in [-0.2, -0.15) is 0 Å². The molecule has 0 saturated heterocycles. The van der Waals surface area contributed by atoms with Crippen LogP contribution in [0.4, 0.5) is 0 Å². The Morgan fingerprint density at radius 2 is 1.89 bits per heavy atom. The Morgan fingerprint density at radius 3 is 2.39 bits per heavy atom. The fourth-order valence-corrected chi connectivity index (χ4v) is 3.53. The number of likely N-dealkylation sites (N-methyl/N-ethyl adjacent to an activating group) is 1. The second kappa shape index (κ2) is 6.91. The lowest BCUT2D eigenvalue weighted by atomic mass is 9.85. The first kappa shape index (κ1) is 16.0. The van der Waals surface area contributed by atoms with E-state index in [0.717, 1.165) is 18.4 Å². The maximum absolute atomic E-state index is 6.18. The van der Waals surface area contributed by atoms with E-state index < -0.39 is 0 Å². The lowest BCUT2D eigenvalue weighted by Crippen LogP contribution is -2.55. The standard InChI is InChI=1S/C16H34N2/c1-6-14(4)18(5)16(12-17)10-7-8-15(9-11-16)13(2)3/h13-15H,6-12,17H2,1-5H3. The molecule has 108 valence electrons. The third-order valence-electron chi connectivity index (χ3n) is 5.52. The van der Waals surface area contributed by atoms with Gasteiger partial charge in [-0.05, 0) is 51.5 Å². The van der Waals surface area contributed by atoms with Gasteiger partial charge in [0.2, 0.25) is 0 Å². The smallest absolute Gasteiger partial charge is 0.0331 e. The van der Waals surface area contributed by atoms with E-state index in [2.05, 4.69) is 39.6 Å². The van der Waals surface area contributed by atoms with Crippen LogP contribution in [0.25, 0.3) is 0 Å². The van der Waals surface area contributed by atoms with Gasteiger partial charge in [0.1, 0.15) is 0 Å². The lowest BCUT2D eigenvalue weighted by molar-refractivity contribution is 0.0662. The monoisotopic (exact) mass is 254 g/mol. The summed E-state index contributed by atoms with van der Waals surface area (Å²) in [6.45, 7) is 10.2. The third-order valence-corrected chi connectivity index (χ3v) is 5.52. The van der Waals surface area contributed by atoms with Crippen LogP contribution in [0.2, 0.25) is 0 Å². The maximum atomic E-state index is 6.18. The van der Waals surface area contributed by atoms with Crippen molar-refractivity contribution in [1.82, 2.24) is 4.90 Å². The first-order valence-corrected chi connectivity index (χ1v) is 7.90. The highest BCUT2D eigenvalue weighted by molar-refractivity contribution is 4.95. The molecule has 1 rings (SSSR count). The summed E-state index contributed by atoms with van der Waals surface area (Å²) >= 11 is 0. The first-order valence-electron chi connectivity index (χ1n) is 7.90. The van der Waals surface area contributed by atoms with E-state index in [0.29, 0.717) is 6.04 Å². The fraction of sp³-hybridized carbons (Fsp3) is 1.00. The van der Waals surface area contributed by atoms with Crippen molar-refractivity contribution in [1.29, 1.82) is 0 Å². The Bertz CT molecular complexity index is 239. The molecule has 1 saturated carbocycles. The average molecular weight is 254 g/mol. The highest BCUT2D eigenvalue weighted by Crippen LogP contribution is 2.37.